The van der Waals surface area contributed by atoms with Crippen molar-refractivity contribution in [2.45, 2.75) is 38.8 Å². The van der Waals surface area contributed by atoms with Crippen molar-refractivity contribution >= 4 is 11.9 Å². The van der Waals surface area contributed by atoms with E-state index < -0.39 is 23.5 Å². The molecule has 0 unspecified atom stereocenters. The second-order valence-electron chi connectivity index (χ2n) is 8.58. The van der Waals surface area contributed by atoms with Crippen LogP contribution in [0.15, 0.2) is 60.7 Å². The van der Waals surface area contributed by atoms with E-state index in [0.717, 1.165) is 5.56 Å². The number of nitrogens with one attached hydrogen (secondary N) is 1. The molecule has 0 fully saturated rings. The highest BCUT2D eigenvalue weighted by Gasteiger charge is 2.28. The average molecular weight is 480 g/mol. The maximum absolute atomic E-state index is 13.3. The molecule has 1 amide bonds. The van der Waals surface area contributed by atoms with Crippen LogP contribution in [-0.4, -0.2) is 47.7 Å². The second kappa shape index (κ2) is 11.3. The van der Waals surface area contributed by atoms with Crippen LogP contribution in [-0.2, 0) is 16.0 Å². The van der Waals surface area contributed by atoms with E-state index in [9.17, 15) is 9.59 Å². The molecule has 0 bridgehead atoms. The van der Waals surface area contributed by atoms with E-state index in [2.05, 4.69) is 15.3 Å². The minimum absolute atomic E-state index is 0.0607. The second-order valence-corrected chi connectivity index (χ2v) is 8.58. The Labute approximate surface area is 204 Å². The third-order valence-corrected chi connectivity index (χ3v) is 4.69. The highest BCUT2D eigenvalue weighted by Crippen LogP contribution is 2.26. The first-order chi connectivity index (χ1) is 16.7. The van der Waals surface area contributed by atoms with Crippen molar-refractivity contribution in [1.29, 1.82) is 0 Å². The number of carbonyl (C=O) groups is 2. The number of hydrogen-bond donors (Lipinski definition) is 1. The minimum atomic E-state index is -0.912. The Morgan fingerprint density at radius 3 is 2.11 bits per heavy atom. The number of rotatable bonds is 9. The molecule has 184 valence electrons. The van der Waals surface area contributed by atoms with E-state index >= 15 is 0 Å². The summed E-state index contributed by atoms with van der Waals surface area (Å²) in [5, 5.41) is 2.79. The Bertz CT molecular complexity index is 1140. The zero-order valence-corrected chi connectivity index (χ0v) is 20.4. The van der Waals surface area contributed by atoms with Gasteiger partial charge in [0.15, 0.2) is 0 Å². The quantitative estimate of drug-likeness (QED) is 0.459. The van der Waals surface area contributed by atoms with Gasteiger partial charge in [-0.3, -0.25) is 4.79 Å². The first-order valence-electron chi connectivity index (χ1n) is 11.0. The van der Waals surface area contributed by atoms with Gasteiger partial charge in [0.2, 0.25) is 11.8 Å². The highest BCUT2D eigenvalue weighted by atomic mass is 16.6. The standard InChI is InChI=1S/C26H29N3O6/c1-26(2,3)35-24(31)19(15-17-11-7-6-8-12-17)27-23(30)18-13-9-10-14-20(18)34-25-28-21(32-4)16-22(29-25)33-5/h6-14,16,19H,15H2,1-5H3,(H,27,30)/t19-/m0/s1. The fourth-order valence-electron chi connectivity index (χ4n) is 3.13. The molecule has 0 aliphatic carbocycles. The summed E-state index contributed by atoms with van der Waals surface area (Å²) in [5.41, 5.74) is 0.366. The molecule has 35 heavy (non-hydrogen) atoms. The van der Waals surface area contributed by atoms with E-state index in [1.165, 1.54) is 20.3 Å². The molecule has 1 N–H and O–H groups in total. The lowest BCUT2D eigenvalue weighted by atomic mass is 10.0. The third kappa shape index (κ3) is 7.43. The lowest BCUT2D eigenvalue weighted by Gasteiger charge is -2.25. The van der Waals surface area contributed by atoms with Gasteiger partial charge in [0, 0.05) is 6.42 Å². The largest absolute Gasteiger partial charge is 0.481 e. The molecule has 0 aliphatic heterocycles. The zero-order valence-electron chi connectivity index (χ0n) is 20.4. The maximum atomic E-state index is 13.3. The Morgan fingerprint density at radius 2 is 1.51 bits per heavy atom. The van der Waals surface area contributed by atoms with Gasteiger partial charge >= 0.3 is 12.0 Å². The molecular weight excluding hydrogens is 450 g/mol. The van der Waals surface area contributed by atoms with Crippen LogP contribution in [0.2, 0.25) is 0 Å². The van der Waals surface area contributed by atoms with Crippen molar-refractivity contribution in [3.05, 3.63) is 71.8 Å². The van der Waals surface area contributed by atoms with Gasteiger partial charge in [0.05, 0.1) is 25.8 Å². The lowest BCUT2D eigenvalue weighted by molar-refractivity contribution is -0.157. The van der Waals surface area contributed by atoms with Crippen LogP contribution in [0, 0.1) is 0 Å². The molecule has 9 nitrogen and oxygen atoms in total. The molecule has 3 aromatic rings. The van der Waals surface area contributed by atoms with Gasteiger partial charge in [0.1, 0.15) is 17.4 Å². The number of aromatic nitrogens is 2. The topological polar surface area (TPSA) is 109 Å². The number of nitrogens with zero attached hydrogens (tertiary/aromatic N) is 2. The van der Waals surface area contributed by atoms with Crippen LogP contribution in [0.4, 0.5) is 0 Å². The van der Waals surface area contributed by atoms with Gasteiger partial charge in [-0.1, -0.05) is 42.5 Å². The van der Waals surface area contributed by atoms with E-state index in [4.69, 9.17) is 18.9 Å². The zero-order chi connectivity index (χ0) is 25.4. The normalized spacial score (nSPS) is 11.8. The van der Waals surface area contributed by atoms with E-state index in [1.54, 1.807) is 45.0 Å². The van der Waals surface area contributed by atoms with Crippen molar-refractivity contribution < 1.29 is 28.5 Å². The summed E-state index contributed by atoms with van der Waals surface area (Å²) >= 11 is 0. The SMILES string of the molecule is COc1cc(OC)nc(Oc2ccccc2C(=O)N[C@@H](Cc2ccccc2)C(=O)OC(C)(C)C)n1. The molecule has 1 atom stereocenters. The molecule has 0 aliphatic rings. The van der Waals surface area contributed by atoms with Crippen molar-refractivity contribution in [2.75, 3.05) is 14.2 Å². The Balaban J connectivity index is 1.86. The van der Waals surface area contributed by atoms with Crippen molar-refractivity contribution in [3.8, 4) is 23.5 Å². The predicted molar refractivity (Wildman–Crippen MR) is 129 cm³/mol. The van der Waals surface area contributed by atoms with Gasteiger partial charge in [0.25, 0.3) is 5.91 Å². The number of benzene rings is 2. The highest BCUT2D eigenvalue weighted by molar-refractivity contribution is 5.99. The number of ether oxygens (including phenoxy) is 4. The van der Waals surface area contributed by atoms with Gasteiger partial charge in [-0.2, -0.15) is 9.97 Å². The fourth-order valence-corrected chi connectivity index (χ4v) is 3.13. The summed E-state index contributed by atoms with van der Waals surface area (Å²) in [6.07, 6.45) is 0.265. The predicted octanol–water partition coefficient (Wildman–Crippen LogP) is 3.97. The third-order valence-electron chi connectivity index (χ3n) is 4.69. The van der Waals surface area contributed by atoms with E-state index in [-0.39, 0.29) is 35.5 Å². The minimum Gasteiger partial charge on any atom is -0.481 e. The molecular formula is C26H29N3O6. The molecule has 9 heteroatoms. The van der Waals surface area contributed by atoms with Crippen LogP contribution in [0.25, 0.3) is 0 Å². The summed E-state index contributed by atoms with van der Waals surface area (Å²) in [6, 6.07) is 16.5. The van der Waals surface area contributed by atoms with Crippen LogP contribution >= 0.6 is 0 Å². The summed E-state index contributed by atoms with van der Waals surface area (Å²) in [7, 11) is 2.91. The summed E-state index contributed by atoms with van der Waals surface area (Å²) < 4.78 is 21.6. The van der Waals surface area contributed by atoms with Crippen LogP contribution < -0.4 is 19.5 Å². The fraction of sp³-hybridized carbons (Fsp3) is 0.308. The van der Waals surface area contributed by atoms with Gasteiger partial charge in [-0.25, -0.2) is 4.79 Å². The van der Waals surface area contributed by atoms with Gasteiger partial charge < -0.3 is 24.3 Å². The number of carbonyl (C=O) groups excluding carboxylic acids is 2. The maximum Gasteiger partial charge on any atom is 0.329 e. The lowest BCUT2D eigenvalue weighted by Crippen LogP contribution is -2.45. The first kappa shape index (κ1) is 25.5. The molecule has 1 aromatic heterocycles. The first-order valence-corrected chi connectivity index (χ1v) is 11.0. The van der Waals surface area contributed by atoms with E-state index in [1.807, 2.05) is 30.3 Å². The van der Waals surface area contributed by atoms with Gasteiger partial charge in [-0.05, 0) is 38.5 Å². The summed E-state index contributed by atoms with van der Waals surface area (Å²) in [4.78, 5) is 34.5. The smallest absolute Gasteiger partial charge is 0.329 e. The van der Waals surface area contributed by atoms with E-state index in [0.29, 0.717) is 0 Å². The van der Waals surface area contributed by atoms with Crippen molar-refractivity contribution in [1.82, 2.24) is 15.3 Å². The molecule has 1 heterocycles. The summed E-state index contributed by atoms with van der Waals surface area (Å²) in [5.74, 6) is -0.373. The molecule has 0 radical (unpaired) electrons. The Kier molecular flexibility index (Phi) is 8.25. The van der Waals surface area contributed by atoms with Crippen molar-refractivity contribution in [2.24, 2.45) is 0 Å². The summed E-state index contributed by atoms with van der Waals surface area (Å²) in [6.45, 7) is 5.33. The molecule has 3 rings (SSSR count). The van der Waals surface area contributed by atoms with Crippen LogP contribution in [0.5, 0.6) is 23.5 Å². The number of para-hydroxylation sites is 1. The number of hydrogen-bond acceptors (Lipinski definition) is 8. The van der Waals surface area contributed by atoms with Gasteiger partial charge in [-0.15, -0.1) is 0 Å². The Morgan fingerprint density at radius 1 is 0.914 bits per heavy atom. The number of esters is 1. The number of amides is 1. The van der Waals surface area contributed by atoms with Crippen LogP contribution in [0.3, 0.4) is 0 Å². The molecule has 0 saturated carbocycles. The molecule has 0 saturated heterocycles. The van der Waals surface area contributed by atoms with Crippen LogP contribution in [0.1, 0.15) is 36.7 Å². The molecule has 0 spiro atoms. The van der Waals surface area contributed by atoms with Crippen molar-refractivity contribution in [3.63, 3.8) is 0 Å². The molecule has 2 aromatic carbocycles. The Hall–Kier alpha value is -4.14. The number of methoxy groups -OCH3 is 2. The monoisotopic (exact) mass is 479 g/mol. The average Bonchev–Trinajstić information content (AvgIpc) is 2.83.